The van der Waals surface area contributed by atoms with Crippen LogP contribution in [-0.2, 0) is 6.61 Å². The Kier molecular flexibility index (Phi) is 4.17. The lowest BCUT2D eigenvalue weighted by atomic mass is 10.1. The van der Waals surface area contributed by atoms with Crippen molar-refractivity contribution in [3.8, 4) is 5.75 Å². The van der Waals surface area contributed by atoms with Crippen molar-refractivity contribution < 1.29 is 4.74 Å². The van der Waals surface area contributed by atoms with Crippen LogP contribution in [0.1, 0.15) is 35.2 Å². The van der Waals surface area contributed by atoms with E-state index in [1.807, 2.05) is 38.4 Å². The Morgan fingerprint density at radius 1 is 1.16 bits per heavy atom. The van der Waals surface area contributed by atoms with Gasteiger partial charge < -0.3 is 10.5 Å². The van der Waals surface area contributed by atoms with Gasteiger partial charge in [0.2, 0.25) is 0 Å². The third-order valence-electron chi connectivity index (χ3n) is 2.98. The molecule has 3 nitrogen and oxygen atoms in total. The monoisotopic (exact) mass is 256 g/mol. The quantitative estimate of drug-likeness (QED) is 0.913. The van der Waals surface area contributed by atoms with Crippen molar-refractivity contribution in [2.75, 3.05) is 0 Å². The lowest BCUT2D eigenvalue weighted by Crippen LogP contribution is -2.08. The number of aryl methyl sites for hydroxylation is 2. The first-order chi connectivity index (χ1) is 9.06. The lowest BCUT2D eigenvalue weighted by molar-refractivity contribution is 0.301. The second-order valence-corrected chi connectivity index (χ2v) is 4.99. The number of nitrogens with zero attached hydrogens (tertiary/aromatic N) is 1. The Bertz CT molecular complexity index is 564. The summed E-state index contributed by atoms with van der Waals surface area (Å²) in [6, 6.07) is 8.14. The van der Waals surface area contributed by atoms with Crippen LogP contribution < -0.4 is 10.5 Å². The van der Waals surface area contributed by atoms with E-state index in [4.69, 9.17) is 10.5 Å². The van der Waals surface area contributed by atoms with Gasteiger partial charge in [-0.3, -0.25) is 4.98 Å². The molecule has 1 heterocycles. The fraction of sp³-hybridized carbons (Fsp3) is 0.312. The average molecular weight is 256 g/mol. The zero-order chi connectivity index (χ0) is 13.8. The highest BCUT2D eigenvalue weighted by Crippen LogP contribution is 2.25. The van der Waals surface area contributed by atoms with Crippen molar-refractivity contribution in [3.63, 3.8) is 0 Å². The van der Waals surface area contributed by atoms with Crippen molar-refractivity contribution in [2.45, 2.75) is 33.4 Å². The van der Waals surface area contributed by atoms with E-state index >= 15 is 0 Å². The summed E-state index contributed by atoms with van der Waals surface area (Å²) in [4.78, 5) is 4.16. The molecule has 19 heavy (non-hydrogen) atoms. The van der Waals surface area contributed by atoms with E-state index in [1.165, 1.54) is 5.56 Å². The number of rotatable bonds is 4. The summed E-state index contributed by atoms with van der Waals surface area (Å²) in [7, 11) is 0. The van der Waals surface area contributed by atoms with E-state index in [-0.39, 0.29) is 6.04 Å². The first-order valence-corrected chi connectivity index (χ1v) is 6.45. The van der Waals surface area contributed by atoms with Gasteiger partial charge >= 0.3 is 0 Å². The van der Waals surface area contributed by atoms with Gasteiger partial charge in [0, 0.05) is 29.6 Å². The number of hydrogen-bond donors (Lipinski definition) is 1. The standard InChI is InChI=1S/C16H20N2O/c1-11-4-5-16(15(7-11)13(3)17)19-10-14-6-12(2)8-18-9-14/h4-9,13H,10,17H2,1-3H3/t13-/m0/s1. The van der Waals surface area contributed by atoms with E-state index in [1.54, 1.807) is 0 Å². The average Bonchev–Trinajstić information content (AvgIpc) is 2.37. The van der Waals surface area contributed by atoms with Gasteiger partial charge in [0.1, 0.15) is 12.4 Å². The maximum atomic E-state index is 5.98. The van der Waals surface area contributed by atoms with Crippen LogP contribution in [0.25, 0.3) is 0 Å². The summed E-state index contributed by atoms with van der Waals surface area (Å²) in [5.74, 6) is 0.849. The highest BCUT2D eigenvalue weighted by molar-refractivity contribution is 5.39. The van der Waals surface area contributed by atoms with E-state index in [0.29, 0.717) is 6.61 Å². The minimum Gasteiger partial charge on any atom is -0.489 e. The maximum Gasteiger partial charge on any atom is 0.124 e. The summed E-state index contributed by atoms with van der Waals surface area (Å²) < 4.78 is 5.87. The predicted molar refractivity (Wildman–Crippen MR) is 77.1 cm³/mol. The molecular weight excluding hydrogens is 236 g/mol. The first kappa shape index (κ1) is 13.6. The first-order valence-electron chi connectivity index (χ1n) is 6.45. The molecule has 2 rings (SSSR count). The summed E-state index contributed by atoms with van der Waals surface area (Å²) in [6.07, 6.45) is 3.66. The molecule has 0 fully saturated rings. The van der Waals surface area contributed by atoms with Gasteiger partial charge in [0.25, 0.3) is 0 Å². The fourth-order valence-electron chi connectivity index (χ4n) is 2.01. The second kappa shape index (κ2) is 5.85. The summed E-state index contributed by atoms with van der Waals surface area (Å²) in [5.41, 5.74) is 10.4. The minimum atomic E-state index is -0.0365. The highest BCUT2D eigenvalue weighted by Gasteiger charge is 2.08. The lowest BCUT2D eigenvalue weighted by Gasteiger charge is -2.15. The van der Waals surface area contributed by atoms with Crippen LogP contribution in [0.3, 0.4) is 0 Å². The zero-order valence-corrected chi connectivity index (χ0v) is 11.7. The topological polar surface area (TPSA) is 48.1 Å². The molecule has 2 N–H and O–H groups in total. The Hall–Kier alpha value is -1.87. The van der Waals surface area contributed by atoms with Crippen LogP contribution in [-0.4, -0.2) is 4.98 Å². The van der Waals surface area contributed by atoms with Crippen LogP contribution >= 0.6 is 0 Å². The van der Waals surface area contributed by atoms with Crippen molar-refractivity contribution in [1.82, 2.24) is 4.98 Å². The number of pyridine rings is 1. The van der Waals surface area contributed by atoms with Gasteiger partial charge in [-0.1, -0.05) is 17.7 Å². The molecule has 0 amide bonds. The molecule has 0 aliphatic heterocycles. The molecule has 0 spiro atoms. The van der Waals surface area contributed by atoms with E-state index in [2.05, 4.69) is 24.0 Å². The molecule has 0 bridgehead atoms. The molecule has 1 aromatic heterocycles. The molecule has 3 heteroatoms. The molecule has 0 aliphatic rings. The maximum absolute atomic E-state index is 5.98. The molecule has 0 unspecified atom stereocenters. The SMILES string of the molecule is Cc1cncc(COc2ccc(C)cc2[C@H](C)N)c1. The van der Waals surface area contributed by atoms with Crippen molar-refractivity contribution in [2.24, 2.45) is 5.73 Å². The molecular formula is C16H20N2O. The normalized spacial score (nSPS) is 12.2. The third kappa shape index (κ3) is 3.55. The summed E-state index contributed by atoms with van der Waals surface area (Å²) in [6.45, 7) is 6.56. The van der Waals surface area contributed by atoms with Crippen LogP contribution in [0.2, 0.25) is 0 Å². The Morgan fingerprint density at radius 2 is 1.95 bits per heavy atom. The van der Waals surface area contributed by atoms with E-state index < -0.39 is 0 Å². The van der Waals surface area contributed by atoms with Crippen LogP contribution in [0, 0.1) is 13.8 Å². The number of nitrogens with two attached hydrogens (primary N) is 1. The molecule has 0 radical (unpaired) electrons. The van der Waals surface area contributed by atoms with Crippen molar-refractivity contribution >= 4 is 0 Å². The van der Waals surface area contributed by atoms with E-state index in [0.717, 1.165) is 22.4 Å². The van der Waals surface area contributed by atoms with Gasteiger partial charge in [-0.2, -0.15) is 0 Å². The molecule has 1 atom stereocenters. The number of ether oxygens (including phenoxy) is 1. The highest BCUT2D eigenvalue weighted by atomic mass is 16.5. The smallest absolute Gasteiger partial charge is 0.124 e. The van der Waals surface area contributed by atoms with Gasteiger partial charge in [0.05, 0.1) is 0 Å². The third-order valence-corrected chi connectivity index (χ3v) is 2.98. The number of aromatic nitrogens is 1. The number of hydrogen-bond acceptors (Lipinski definition) is 3. The Labute approximate surface area is 114 Å². The molecule has 0 saturated carbocycles. The molecule has 2 aromatic rings. The molecule has 100 valence electrons. The summed E-state index contributed by atoms with van der Waals surface area (Å²) in [5, 5.41) is 0. The summed E-state index contributed by atoms with van der Waals surface area (Å²) >= 11 is 0. The number of benzene rings is 1. The molecule has 0 saturated heterocycles. The van der Waals surface area contributed by atoms with Gasteiger partial charge in [-0.15, -0.1) is 0 Å². The van der Waals surface area contributed by atoms with Crippen molar-refractivity contribution in [1.29, 1.82) is 0 Å². The molecule has 1 aromatic carbocycles. The Morgan fingerprint density at radius 3 is 2.63 bits per heavy atom. The zero-order valence-electron chi connectivity index (χ0n) is 11.7. The predicted octanol–water partition coefficient (Wildman–Crippen LogP) is 3.30. The second-order valence-electron chi connectivity index (χ2n) is 4.99. The van der Waals surface area contributed by atoms with Crippen molar-refractivity contribution in [3.05, 3.63) is 58.9 Å². The van der Waals surface area contributed by atoms with Crippen LogP contribution in [0.4, 0.5) is 0 Å². The minimum absolute atomic E-state index is 0.0365. The Balaban J connectivity index is 2.15. The fourth-order valence-corrected chi connectivity index (χ4v) is 2.01. The van der Waals surface area contributed by atoms with E-state index in [9.17, 15) is 0 Å². The van der Waals surface area contributed by atoms with Crippen LogP contribution in [0.15, 0.2) is 36.7 Å². The van der Waals surface area contributed by atoms with Gasteiger partial charge in [0.15, 0.2) is 0 Å². The van der Waals surface area contributed by atoms with Gasteiger partial charge in [-0.05, 0) is 38.5 Å². The van der Waals surface area contributed by atoms with Crippen LogP contribution in [0.5, 0.6) is 5.75 Å². The largest absolute Gasteiger partial charge is 0.489 e. The van der Waals surface area contributed by atoms with Gasteiger partial charge in [-0.25, -0.2) is 0 Å². The molecule has 0 aliphatic carbocycles.